The van der Waals surface area contributed by atoms with Gasteiger partial charge >= 0.3 is 5.97 Å². The summed E-state index contributed by atoms with van der Waals surface area (Å²) in [4.78, 5) is 227. The first kappa shape index (κ1) is 104. The zero-order valence-corrected chi connectivity index (χ0v) is 71.6. The van der Waals surface area contributed by atoms with Gasteiger partial charge in [0.25, 0.3) is 0 Å². The van der Waals surface area contributed by atoms with Crippen LogP contribution in [0, 0.1) is 53.3 Å². The van der Waals surface area contributed by atoms with Crippen molar-refractivity contribution in [1.82, 2.24) is 74.0 Å². The quantitative estimate of drug-likeness (QED) is 0.0198. The number of carboxylic acid groups (broad SMARTS) is 1. The van der Waals surface area contributed by atoms with Crippen molar-refractivity contribution < 1.29 is 81.8 Å². The number of nitrogens with two attached hydrogens (primary N) is 5. The number of nitrogens with zero attached hydrogens (tertiary/aromatic N) is 2. The summed E-state index contributed by atoms with van der Waals surface area (Å²) in [5.41, 5.74) is 28.5. The Bertz CT molecular complexity index is 3270. The topological polar surface area (TPSA) is 595 Å². The zero-order valence-electron chi connectivity index (χ0n) is 71.6. The van der Waals surface area contributed by atoms with E-state index < -0.39 is 221 Å². The smallest absolute Gasteiger partial charge is 0.326 e. The highest BCUT2D eigenvalue weighted by molar-refractivity contribution is 6.01. The van der Waals surface area contributed by atoms with Crippen molar-refractivity contribution in [2.75, 3.05) is 19.6 Å². The van der Waals surface area contributed by atoms with Crippen molar-refractivity contribution >= 4 is 101 Å². The van der Waals surface area contributed by atoms with E-state index in [1.165, 1.54) is 18.7 Å². The number of aliphatic carboxylic acids is 1. The number of unbranched alkanes of at least 4 members (excludes halogenated alkanes) is 1. The number of carboxylic acids is 1. The number of rotatable bonds is 53. The summed E-state index contributed by atoms with van der Waals surface area (Å²) in [5.74, 6) is -16.3. The van der Waals surface area contributed by atoms with Gasteiger partial charge in [-0.15, -0.1) is 0 Å². The van der Waals surface area contributed by atoms with Crippen LogP contribution in [-0.4, -0.2) is 221 Å². The molecular formula is C78H142N20O17. The number of nitrogens with one attached hydrogen (secondary N) is 13. The third-order valence-electron chi connectivity index (χ3n) is 19.6. The molecular weight excluding hydrogens is 1490 g/mol. The van der Waals surface area contributed by atoms with E-state index in [1.807, 2.05) is 27.7 Å². The van der Waals surface area contributed by atoms with Gasteiger partial charge in [-0.3, -0.25) is 76.9 Å². The second-order valence-electron chi connectivity index (χ2n) is 33.5. The molecule has 0 radical (unpaired) electrons. The number of carbonyl (C=O) groups excluding carboxylic acids is 15. The summed E-state index contributed by atoms with van der Waals surface area (Å²) >= 11 is 0. The molecule has 0 aromatic heterocycles. The van der Waals surface area contributed by atoms with Gasteiger partial charge in [-0.25, -0.2) is 4.79 Å². The molecule has 0 aromatic rings. The lowest BCUT2D eigenvalue weighted by molar-refractivity contribution is -0.144. The van der Waals surface area contributed by atoms with E-state index in [-0.39, 0.29) is 101 Å². The molecule has 0 bridgehead atoms. The van der Waals surface area contributed by atoms with Crippen molar-refractivity contribution in [3.8, 4) is 0 Å². The minimum atomic E-state index is -1.51. The van der Waals surface area contributed by atoms with Gasteiger partial charge in [0.2, 0.25) is 88.6 Å². The Kier molecular flexibility index (Phi) is 46.6. The molecule has 1 saturated heterocycles. The molecule has 1 aliphatic heterocycles. The molecule has 1 heterocycles. The van der Waals surface area contributed by atoms with E-state index in [4.69, 9.17) is 28.7 Å². The molecule has 37 nitrogen and oxygen atoms in total. The number of amides is 15. The molecule has 0 aromatic carbocycles. The minimum absolute atomic E-state index is 0.00829. The predicted molar refractivity (Wildman–Crippen MR) is 435 cm³/mol. The third kappa shape index (κ3) is 37.5. The number of primary amides is 1. The maximum atomic E-state index is 14.6. The van der Waals surface area contributed by atoms with E-state index in [0.29, 0.717) is 32.1 Å². The average Bonchev–Trinajstić information content (AvgIpc) is 1.75. The van der Waals surface area contributed by atoms with Gasteiger partial charge in [0.1, 0.15) is 84.6 Å². The van der Waals surface area contributed by atoms with Gasteiger partial charge in [0.15, 0.2) is 5.96 Å². The summed E-state index contributed by atoms with van der Waals surface area (Å²) in [7, 11) is 0. The first-order valence-corrected chi connectivity index (χ1v) is 40.8. The molecule has 15 amide bonds. The van der Waals surface area contributed by atoms with Crippen molar-refractivity contribution in [1.29, 1.82) is 0 Å². The Balaban J connectivity index is 3.44. The fourth-order valence-electron chi connectivity index (χ4n) is 12.8. The summed E-state index contributed by atoms with van der Waals surface area (Å²) in [6.07, 6.45) is 1.90. The lowest BCUT2D eigenvalue weighted by Gasteiger charge is -2.32. The molecule has 0 spiro atoms. The fraction of sp³-hybridized carbons (Fsp3) is 0.782. The first-order chi connectivity index (χ1) is 53.5. The number of hydrogen-bond acceptors (Lipinski definition) is 19. The third-order valence-corrected chi connectivity index (χ3v) is 19.6. The SMILES string of the molecule is CC[C@H](C)[C@H](NC(=O)[C@@H]1CCCN1C(=O)[C@H](C)NC(=O)[C@H](CC(C)C)NC(=O)[C@@H](NC(=O)[C@H](C)NC(=O)[C@H](CCCCN)NC(=O)[C@H](CC(C)C)NC(=O)[C@H](CCCN=C(N)N)NC(=O)[C@@H](N)CC(C)C)C(C)C)C(=O)N[C@@H](CC(C)C)C(=O)N[C@@H](CCC(N)=O)C(=O)N[C@H](C(=O)N[C@H](C(=O)N[C@H](C(=O)O)C(C)C)C(C)C)C(C)C. The summed E-state index contributed by atoms with van der Waals surface area (Å²) in [5, 5.41) is 44.5. The number of hydrogen-bond donors (Lipinski definition) is 19. The molecule has 37 heteroatoms. The van der Waals surface area contributed by atoms with Crippen LogP contribution in [0.5, 0.6) is 0 Å². The van der Waals surface area contributed by atoms with Crippen LogP contribution in [0.15, 0.2) is 4.99 Å². The van der Waals surface area contributed by atoms with Gasteiger partial charge in [-0.2, -0.15) is 0 Å². The monoisotopic (exact) mass is 1630 g/mol. The molecule has 1 aliphatic rings. The van der Waals surface area contributed by atoms with Crippen LogP contribution in [0.1, 0.15) is 228 Å². The van der Waals surface area contributed by atoms with Crippen LogP contribution in [0.3, 0.4) is 0 Å². The number of carbonyl (C=O) groups is 16. The van der Waals surface area contributed by atoms with Crippen molar-refractivity contribution in [2.45, 2.75) is 319 Å². The summed E-state index contributed by atoms with van der Waals surface area (Å²) < 4.78 is 0. The summed E-state index contributed by atoms with van der Waals surface area (Å²) in [6.45, 7) is 34.3. The minimum Gasteiger partial charge on any atom is -0.480 e. The Hall–Kier alpha value is -9.29. The van der Waals surface area contributed by atoms with Gasteiger partial charge in [-0.1, -0.05) is 131 Å². The van der Waals surface area contributed by atoms with E-state index >= 15 is 0 Å². The van der Waals surface area contributed by atoms with Crippen LogP contribution >= 0.6 is 0 Å². The molecule has 1 fully saturated rings. The van der Waals surface area contributed by atoms with Gasteiger partial charge < -0.3 is 108 Å². The number of aliphatic imine (C=N–C) groups is 1. The van der Waals surface area contributed by atoms with Crippen LogP contribution in [0.4, 0.5) is 0 Å². The molecule has 0 saturated carbocycles. The number of guanidine groups is 1. The largest absolute Gasteiger partial charge is 0.480 e. The fourth-order valence-corrected chi connectivity index (χ4v) is 12.8. The Morgan fingerprint density at radius 2 is 0.757 bits per heavy atom. The maximum Gasteiger partial charge on any atom is 0.326 e. The van der Waals surface area contributed by atoms with Gasteiger partial charge in [0.05, 0.1) is 6.04 Å². The zero-order chi connectivity index (χ0) is 88.2. The van der Waals surface area contributed by atoms with Crippen LogP contribution in [0.25, 0.3) is 0 Å². The van der Waals surface area contributed by atoms with Crippen molar-refractivity contribution in [2.24, 2.45) is 86.9 Å². The summed E-state index contributed by atoms with van der Waals surface area (Å²) in [6, 6.07) is -18.8. The normalized spacial score (nSPS) is 16.8. The van der Waals surface area contributed by atoms with E-state index in [0.717, 1.165) is 0 Å². The van der Waals surface area contributed by atoms with Crippen LogP contribution in [0.2, 0.25) is 0 Å². The standard InChI is InChI=1S/C78H142N20O17/c1-21-46(18)62(75(112)92-55(37-41(8)9)70(107)89-52(29-30-57(81)99)67(104)94-59(43(12)13)73(110)95-60(44(14)15)74(111)96-61(45(16)17)77(114)115)97-71(108)56-28-25-33-98(56)76(113)48(20)86-68(105)53(35-39(4)5)91-72(109)58(42(10)11)93-63(100)47(19)85-65(102)50(26-22-23-31-79)88-69(106)54(36-40(6)7)90-66(103)51(27-24-32-84-78(82)83)87-64(101)49(80)34-38(2)3/h38-56,58-62H,21-37,79-80H2,1-20H3,(H2,81,99)(H,85,102)(H,86,105)(H,87,101)(H,88,106)(H,89,107)(H,90,103)(H,91,109)(H,92,112)(H,93,100)(H,94,104)(H,95,110)(H,96,111)(H,97,108)(H,114,115)(H4,82,83,84)/t46-,47-,48-,49-,50-,51-,52-,53-,54-,55-,56-,58-,59-,60-,61-,62-/m0/s1. The highest BCUT2D eigenvalue weighted by atomic mass is 16.4. The molecule has 1 rings (SSSR count). The average molecular weight is 1630 g/mol. The van der Waals surface area contributed by atoms with Crippen LogP contribution < -0.4 is 97.8 Å². The van der Waals surface area contributed by atoms with Gasteiger partial charge in [0, 0.05) is 19.5 Å². The lowest BCUT2D eigenvalue weighted by atomic mass is 9.96. The van der Waals surface area contributed by atoms with Crippen molar-refractivity contribution in [3.63, 3.8) is 0 Å². The van der Waals surface area contributed by atoms with E-state index in [2.05, 4.69) is 74.1 Å². The molecule has 16 atom stereocenters. The molecule has 656 valence electrons. The Labute approximate surface area is 679 Å². The van der Waals surface area contributed by atoms with Gasteiger partial charge in [-0.05, 0) is 151 Å². The lowest BCUT2D eigenvalue weighted by Crippen LogP contribution is -2.62. The Morgan fingerprint density at radius 1 is 0.400 bits per heavy atom. The van der Waals surface area contributed by atoms with E-state index in [1.54, 1.807) is 96.9 Å². The first-order valence-electron chi connectivity index (χ1n) is 40.8. The second-order valence-corrected chi connectivity index (χ2v) is 33.5. The molecule has 115 heavy (non-hydrogen) atoms. The highest BCUT2D eigenvalue weighted by Crippen LogP contribution is 2.22. The molecule has 24 N–H and O–H groups in total. The van der Waals surface area contributed by atoms with Crippen molar-refractivity contribution in [3.05, 3.63) is 0 Å². The maximum absolute atomic E-state index is 14.6. The molecule has 0 aliphatic carbocycles. The predicted octanol–water partition coefficient (Wildman–Crippen LogP) is -0.966. The highest BCUT2D eigenvalue weighted by Gasteiger charge is 2.42. The second kappa shape index (κ2) is 51.6. The number of likely N-dealkylation sites (tertiary alicyclic amines) is 1. The van der Waals surface area contributed by atoms with Crippen LogP contribution in [-0.2, 0) is 76.7 Å². The molecule has 0 unspecified atom stereocenters. The Morgan fingerprint density at radius 3 is 1.18 bits per heavy atom. The van der Waals surface area contributed by atoms with E-state index in [9.17, 15) is 81.8 Å².